The molecular formula is C15H24BrN3O. The van der Waals surface area contributed by atoms with E-state index in [2.05, 4.69) is 40.2 Å². The quantitative estimate of drug-likeness (QED) is 0.888. The Hall–Kier alpha value is -0.840. The first-order valence-corrected chi connectivity index (χ1v) is 8.39. The molecule has 112 valence electrons. The first kappa shape index (κ1) is 15.5. The lowest BCUT2D eigenvalue weighted by molar-refractivity contribution is 0.391. The molecule has 1 aliphatic rings. The lowest BCUT2D eigenvalue weighted by Crippen LogP contribution is -2.28. The van der Waals surface area contributed by atoms with Crippen LogP contribution in [-0.2, 0) is 6.54 Å². The number of aromatic nitrogens is 2. The summed E-state index contributed by atoms with van der Waals surface area (Å²) in [7, 11) is 0. The second kappa shape index (κ2) is 6.74. The molecule has 20 heavy (non-hydrogen) atoms. The zero-order valence-corrected chi connectivity index (χ0v) is 14.1. The Morgan fingerprint density at radius 3 is 2.80 bits per heavy atom. The van der Waals surface area contributed by atoms with Gasteiger partial charge in [-0.15, -0.1) is 0 Å². The van der Waals surface area contributed by atoms with Crippen molar-refractivity contribution in [2.75, 3.05) is 5.32 Å². The van der Waals surface area contributed by atoms with Crippen molar-refractivity contribution < 1.29 is 0 Å². The van der Waals surface area contributed by atoms with E-state index in [1.165, 1.54) is 23.9 Å². The summed E-state index contributed by atoms with van der Waals surface area (Å²) in [5.74, 6) is 1.43. The van der Waals surface area contributed by atoms with E-state index in [1.54, 1.807) is 6.20 Å². The molecular weight excluding hydrogens is 318 g/mol. The fraction of sp³-hybridized carbons (Fsp3) is 0.733. The number of hydrogen-bond donors (Lipinski definition) is 1. The minimum absolute atomic E-state index is 0.0467. The van der Waals surface area contributed by atoms with Crippen molar-refractivity contribution in [1.82, 2.24) is 9.78 Å². The van der Waals surface area contributed by atoms with Crippen molar-refractivity contribution in [2.24, 2.45) is 11.8 Å². The molecule has 1 heterocycles. The molecule has 0 aromatic carbocycles. The maximum absolute atomic E-state index is 12.2. The highest BCUT2D eigenvalue weighted by Gasteiger charge is 2.31. The summed E-state index contributed by atoms with van der Waals surface area (Å²) in [5, 5.41) is 7.76. The van der Waals surface area contributed by atoms with Crippen LogP contribution in [0.25, 0.3) is 0 Å². The third kappa shape index (κ3) is 3.08. The highest BCUT2D eigenvalue weighted by Crippen LogP contribution is 2.36. The number of halogens is 1. The molecule has 1 N–H and O–H groups in total. The standard InChI is InChI=1S/C15H24BrN3O/c1-4-8-19-15(20)14(16)13(9-17-19)18-12-7-6-11(5-2)10(12)3/h9-12,18H,4-8H2,1-3H3. The fourth-order valence-corrected chi connectivity index (χ4v) is 3.59. The summed E-state index contributed by atoms with van der Waals surface area (Å²) in [6, 6.07) is 0.444. The van der Waals surface area contributed by atoms with Crippen molar-refractivity contribution in [3.8, 4) is 0 Å². The van der Waals surface area contributed by atoms with Gasteiger partial charge in [0.2, 0.25) is 0 Å². The maximum atomic E-state index is 12.2. The fourth-order valence-electron chi connectivity index (χ4n) is 3.16. The summed E-state index contributed by atoms with van der Waals surface area (Å²) in [5.41, 5.74) is 0.783. The van der Waals surface area contributed by atoms with Gasteiger partial charge >= 0.3 is 0 Å². The largest absolute Gasteiger partial charge is 0.380 e. The molecule has 1 aromatic heterocycles. The maximum Gasteiger partial charge on any atom is 0.283 e. The Morgan fingerprint density at radius 2 is 2.20 bits per heavy atom. The number of anilines is 1. The minimum Gasteiger partial charge on any atom is -0.380 e. The van der Waals surface area contributed by atoms with E-state index in [4.69, 9.17) is 0 Å². The molecule has 4 nitrogen and oxygen atoms in total. The number of nitrogens with one attached hydrogen (secondary N) is 1. The van der Waals surface area contributed by atoms with E-state index in [0.717, 1.165) is 18.0 Å². The predicted molar refractivity (Wildman–Crippen MR) is 86.1 cm³/mol. The molecule has 5 heteroatoms. The number of nitrogens with zero attached hydrogens (tertiary/aromatic N) is 2. The molecule has 0 bridgehead atoms. The van der Waals surface area contributed by atoms with Crippen LogP contribution >= 0.6 is 15.9 Å². The molecule has 1 saturated carbocycles. The van der Waals surface area contributed by atoms with Crippen LogP contribution in [0.2, 0.25) is 0 Å². The summed E-state index contributed by atoms with van der Waals surface area (Å²) in [4.78, 5) is 12.2. The highest BCUT2D eigenvalue weighted by molar-refractivity contribution is 9.10. The SMILES string of the molecule is CCCn1ncc(NC2CCC(CC)C2C)c(Br)c1=O. The molecule has 1 fully saturated rings. The van der Waals surface area contributed by atoms with Crippen LogP contribution in [0.3, 0.4) is 0 Å². The molecule has 1 aliphatic carbocycles. The topological polar surface area (TPSA) is 46.9 Å². The Kier molecular flexibility index (Phi) is 5.24. The number of rotatable bonds is 5. The molecule has 0 radical (unpaired) electrons. The lowest BCUT2D eigenvalue weighted by Gasteiger charge is -2.22. The van der Waals surface area contributed by atoms with E-state index in [0.29, 0.717) is 23.0 Å². The summed E-state index contributed by atoms with van der Waals surface area (Å²) in [6.45, 7) is 7.26. The van der Waals surface area contributed by atoms with E-state index in [-0.39, 0.29) is 5.56 Å². The second-order valence-corrected chi connectivity index (χ2v) is 6.55. The molecule has 2 rings (SSSR count). The van der Waals surface area contributed by atoms with E-state index < -0.39 is 0 Å². The first-order valence-electron chi connectivity index (χ1n) is 7.60. The smallest absolute Gasteiger partial charge is 0.283 e. The van der Waals surface area contributed by atoms with Crippen molar-refractivity contribution in [3.05, 3.63) is 21.0 Å². The molecule has 0 aliphatic heterocycles. The number of aryl methyl sites for hydroxylation is 1. The summed E-state index contributed by atoms with van der Waals surface area (Å²) in [6.07, 6.45) is 6.35. The molecule has 0 saturated heterocycles. The molecule has 0 amide bonds. The van der Waals surface area contributed by atoms with Gasteiger partial charge in [0.05, 0.1) is 11.9 Å². The normalized spacial score (nSPS) is 25.9. The van der Waals surface area contributed by atoms with Crippen molar-refractivity contribution in [3.63, 3.8) is 0 Å². The van der Waals surface area contributed by atoms with Gasteiger partial charge in [0.25, 0.3) is 5.56 Å². The van der Waals surface area contributed by atoms with Crippen LogP contribution in [-0.4, -0.2) is 15.8 Å². The first-order chi connectivity index (χ1) is 9.58. The summed E-state index contributed by atoms with van der Waals surface area (Å²) >= 11 is 3.42. The van der Waals surface area contributed by atoms with Gasteiger partial charge in [-0.05, 0) is 47.0 Å². The van der Waals surface area contributed by atoms with Crippen LogP contribution in [0, 0.1) is 11.8 Å². The Balaban J connectivity index is 2.15. The van der Waals surface area contributed by atoms with Crippen LogP contribution < -0.4 is 10.9 Å². The van der Waals surface area contributed by atoms with E-state index >= 15 is 0 Å². The van der Waals surface area contributed by atoms with Gasteiger partial charge in [0.15, 0.2) is 0 Å². The lowest BCUT2D eigenvalue weighted by atomic mass is 9.93. The third-order valence-electron chi connectivity index (χ3n) is 4.51. The van der Waals surface area contributed by atoms with Crippen LogP contribution in [0.1, 0.15) is 46.5 Å². The number of hydrogen-bond acceptors (Lipinski definition) is 3. The average molecular weight is 342 g/mol. The molecule has 0 spiro atoms. The van der Waals surface area contributed by atoms with Crippen molar-refractivity contribution in [2.45, 2.75) is 59.0 Å². The molecule has 1 aromatic rings. The minimum atomic E-state index is -0.0467. The van der Waals surface area contributed by atoms with Gasteiger partial charge in [-0.3, -0.25) is 4.79 Å². The third-order valence-corrected chi connectivity index (χ3v) is 5.28. The van der Waals surface area contributed by atoms with Gasteiger partial charge < -0.3 is 5.32 Å². The molecule has 3 atom stereocenters. The van der Waals surface area contributed by atoms with Gasteiger partial charge in [-0.2, -0.15) is 5.10 Å². The Labute approximate surface area is 129 Å². The van der Waals surface area contributed by atoms with Crippen LogP contribution in [0.4, 0.5) is 5.69 Å². The van der Waals surface area contributed by atoms with Gasteiger partial charge in [0, 0.05) is 12.6 Å². The van der Waals surface area contributed by atoms with Gasteiger partial charge in [-0.25, -0.2) is 4.68 Å². The zero-order chi connectivity index (χ0) is 14.7. The summed E-state index contributed by atoms with van der Waals surface area (Å²) < 4.78 is 2.12. The van der Waals surface area contributed by atoms with Crippen LogP contribution in [0.15, 0.2) is 15.5 Å². The monoisotopic (exact) mass is 341 g/mol. The Morgan fingerprint density at radius 1 is 1.45 bits per heavy atom. The van der Waals surface area contributed by atoms with Crippen LogP contribution in [0.5, 0.6) is 0 Å². The Bertz CT molecular complexity index is 514. The second-order valence-electron chi connectivity index (χ2n) is 5.76. The predicted octanol–water partition coefficient (Wildman–Crippen LogP) is 3.65. The average Bonchev–Trinajstić information content (AvgIpc) is 2.79. The van der Waals surface area contributed by atoms with Crippen molar-refractivity contribution in [1.29, 1.82) is 0 Å². The van der Waals surface area contributed by atoms with Gasteiger partial charge in [-0.1, -0.05) is 27.2 Å². The zero-order valence-electron chi connectivity index (χ0n) is 12.5. The van der Waals surface area contributed by atoms with E-state index in [1.807, 2.05) is 6.92 Å². The van der Waals surface area contributed by atoms with E-state index in [9.17, 15) is 4.79 Å². The van der Waals surface area contributed by atoms with Gasteiger partial charge in [0.1, 0.15) is 4.47 Å². The van der Waals surface area contributed by atoms with Crippen molar-refractivity contribution >= 4 is 21.6 Å². The molecule has 3 unspecified atom stereocenters. The highest BCUT2D eigenvalue weighted by atomic mass is 79.9.